The summed E-state index contributed by atoms with van der Waals surface area (Å²) in [5, 5.41) is 0. The molecule has 0 spiro atoms. The summed E-state index contributed by atoms with van der Waals surface area (Å²) in [5.41, 5.74) is 0.701. The number of hydrogen-bond donors (Lipinski definition) is 0. The van der Waals surface area contributed by atoms with Crippen LogP contribution in [0.15, 0.2) is 23.0 Å². The third-order valence-electron chi connectivity index (χ3n) is 2.86. The maximum absolute atomic E-state index is 12.6. The van der Waals surface area contributed by atoms with Gasteiger partial charge in [-0.15, -0.1) is 0 Å². The van der Waals surface area contributed by atoms with Crippen molar-refractivity contribution in [3.63, 3.8) is 0 Å². The van der Waals surface area contributed by atoms with Gasteiger partial charge in [0, 0.05) is 19.4 Å². The van der Waals surface area contributed by atoms with Crippen LogP contribution in [0, 0.1) is 0 Å². The molecule has 0 N–H and O–H groups in total. The first-order valence-electron chi connectivity index (χ1n) is 4.55. The molecule has 1 nitrogen and oxygen atoms in total. The molecule has 1 aliphatic rings. The smallest absolute Gasteiger partial charge is 0.270 e. The molecule has 0 aromatic heterocycles. The van der Waals surface area contributed by atoms with E-state index in [0.29, 0.717) is 12.1 Å². The van der Waals surface area contributed by atoms with Gasteiger partial charge < -0.3 is 0 Å². The van der Waals surface area contributed by atoms with Crippen LogP contribution < -0.4 is 0 Å². The molecule has 0 saturated heterocycles. The molecule has 1 aliphatic heterocycles. The number of nitrogens with zero attached hydrogens (tertiary/aromatic N) is 1. The van der Waals surface area contributed by atoms with E-state index in [1.54, 1.807) is 27.9 Å². The summed E-state index contributed by atoms with van der Waals surface area (Å²) < 4.78 is 38.0. The van der Waals surface area contributed by atoms with Crippen LogP contribution in [-0.4, -0.2) is 24.8 Å². The SMILES string of the molecule is CCC1=C(C(F)(F)F)C=C(C)[N+]1(C)C. The zero-order valence-corrected chi connectivity index (χ0v) is 8.87. The van der Waals surface area contributed by atoms with Gasteiger partial charge >= 0.3 is 6.18 Å². The largest absolute Gasteiger partial charge is 0.421 e. The molecule has 4 heteroatoms. The molecule has 0 atom stereocenters. The van der Waals surface area contributed by atoms with Crippen molar-refractivity contribution < 1.29 is 17.7 Å². The summed E-state index contributed by atoms with van der Waals surface area (Å²) >= 11 is 0. The van der Waals surface area contributed by atoms with E-state index in [4.69, 9.17) is 0 Å². The Morgan fingerprint density at radius 2 is 1.79 bits per heavy atom. The standard InChI is InChI=1S/C10H15F3N/c1-5-9-8(10(11,12)13)6-7(2)14(9,3)4/h6H,5H2,1-4H3/q+1. The van der Waals surface area contributed by atoms with E-state index >= 15 is 0 Å². The normalized spacial score (nSPS) is 21.5. The summed E-state index contributed by atoms with van der Waals surface area (Å²) in [6.45, 7) is 3.49. The van der Waals surface area contributed by atoms with Crippen molar-refractivity contribution >= 4 is 0 Å². The molecule has 14 heavy (non-hydrogen) atoms. The first-order valence-corrected chi connectivity index (χ1v) is 4.55. The summed E-state index contributed by atoms with van der Waals surface area (Å²) in [6, 6.07) is 0. The monoisotopic (exact) mass is 206 g/mol. The quantitative estimate of drug-likeness (QED) is 0.578. The van der Waals surface area contributed by atoms with Gasteiger partial charge in [0.1, 0.15) is 17.0 Å². The third kappa shape index (κ3) is 1.59. The van der Waals surface area contributed by atoms with E-state index in [-0.39, 0.29) is 4.48 Å². The van der Waals surface area contributed by atoms with Gasteiger partial charge in [0.25, 0.3) is 0 Å². The van der Waals surface area contributed by atoms with Gasteiger partial charge in [-0.05, 0) is 0 Å². The molecule has 0 unspecified atom stereocenters. The van der Waals surface area contributed by atoms with Crippen LogP contribution in [0.4, 0.5) is 13.2 Å². The lowest BCUT2D eigenvalue weighted by Gasteiger charge is -2.28. The molecule has 0 aromatic carbocycles. The van der Waals surface area contributed by atoms with Crippen molar-refractivity contribution in [3.8, 4) is 0 Å². The fourth-order valence-corrected chi connectivity index (χ4v) is 1.80. The van der Waals surface area contributed by atoms with Crippen molar-refractivity contribution in [1.82, 2.24) is 0 Å². The second kappa shape index (κ2) is 3.12. The lowest BCUT2D eigenvalue weighted by atomic mass is 10.1. The average molecular weight is 206 g/mol. The fourth-order valence-electron chi connectivity index (χ4n) is 1.80. The van der Waals surface area contributed by atoms with Crippen LogP contribution in [0.3, 0.4) is 0 Å². The Balaban J connectivity index is 3.27. The minimum Gasteiger partial charge on any atom is -0.270 e. The van der Waals surface area contributed by atoms with Crippen LogP contribution in [0.25, 0.3) is 0 Å². The molecule has 0 aliphatic carbocycles. The Morgan fingerprint density at radius 1 is 1.29 bits per heavy atom. The van der Waals surface area contributed by atoms with Crippen LogP contribution in [0.5, 0.6) is 0 Å². The Labute approximate surface area is 82.1 Å². The molecule has 0 aromatic rings. The van der Waals surface area contributed by atoms with Crippen molar-refractivity contribution in [2.75, 3.05) is 14.1 Å². The second-order valence-electron chi connectivity index (χ2n) is 3.95. The van der Waals surface area contributed by atoms with Crippen molar-refractivity contribution in [3.05, 3.63) is 23.0 Å². The van der Waals surface area contributed by atoms with Crippen LogP contribution in [0.1, 0.15) is 20.3 Å². The third-order valence-corrected chi connectivity index (χ3v) is 2.86. The molecule has 0 fully saturated rings. The Hall–Kier alpha value is -0.770. The second-order valence-corrected chi connectivity index (χ2v) is 3.95. The van der Waals surface area contributed by atoms with Crippen LogP contribution in [-0.2, 0) is 0 Å². The minimum atomic E-state index is -4.22. The summed E-state index contributed by atoms with van der Waals surface area (Å²) in [6.07, 6.45) is -2.55. The van der Waals surface area contributed by atoms with Crippen molar-refractivity contribution in [1.29, 1.82) is 0 Å². The number of halogens is 3. The highest BCUT2D eigenvalue weighted by Crippen LogP contribution is 2.41. The summed E-state index contributed by atoms with van der Waals surface area (Å²) in [4.78, 5) is 0. The average Bonchev–Trinajstić information content (AvgIpc) is 2.22. The molecule has 80 valence electrons. The number of allylic oxidation sites excluding steroid dienone is 4. The first kappa shape index (κ1) is 11.3. The number of rotatable bonds is 1. The molecule has 1 heterocycles. The molecule has 0 saturated carbocycles. The van der Waals surface area contributed by atoms with Gasteiger partial charge in [0.15, 0.2) is 0 Å². The fraction of sp³-hybridized carbons (Fsp3) is 0.600. The van der Waals surface area contributed by atoms with Crippen molar-refractivity contribution in [2.45, 2.75) is 26.4 Å². The van der Waals surface area contributed by atoms with Crippen LogP contribution in [0.2, 0.25) is 0 Å². The summed E-state index contributed by atoms with van der Waals surface area (Å²) in [7, 11) is 3.56. The maximum Gasteiger partial charge on any atom is 0.421 e. The van der Waals surface area contributed by atoms with E-state index in [9.17, 15) is 13.2 Å². The van der Waals surface area contributed by atoms with Gasteiger partial charge in [0.2, 0.25) is 0 Å². The Kier molecular flexibility index (Phi) is 2.52. The lowest BCUT2D eigenvalue weighted by molar-refractivity contribution is -0.811. The molecular weight excluding hydrogens is 191 g/mol. The number of quaternary nitrogens is 1. The zero-order chi connectivity index (χ0) is 11.1. The first-order chi connectivity index (χ1) is 6.21. The molecule has 1 rings (SSSR count). The van der Waals surface area contributed by atoms with Gasteiger partial charge in [-0.25, -0.2) is 0 Å². The zero-order valence-electron chi connectivity index (χ0n) is 8.87. The van der Waals surface area contributed by atoms with E-state index in [0.717, 1.165) is 5.70 Å². The number of alkyl halides is 3. The van der Waals surface area contributed by atoms with Gasteiger partial charge in [0.05, 0.1) is 14.1 Å². The Bertz CT molecular complexity index is 308. The van der Waals surface area contributed by atoms with Crippen LogP contribution >= 0.6 is 0 Å². The molecule has 0 bridgehead atoms. The van der Waals surface area contributed by atoms with Gasteiger partial charge in [-0.1, -0.05) is 6.92 Å². The highest BCUT2D eigenvalue weighted by atomic mass is 19.4. The van der Waals surface area contributed by atoms with E-state index in [2.05, 4.69) is 0 Å². The molecule has 0 amide bonds. The maximum atomic E-state index is 12.6. The van der Waals surface area contributed by atoms with E-state index < -0.39 is 11.7 Å². The number of hydrogen-bond acceptors (Lipinski definition) is 0. The van der Waals surface area contributed by atoms with Gasteiger partial charge in [-0.3, -0.25) is 4.48 Å². The lowest BCUT2D eigenvalue weighted by Crippen LogP contribution is -2.34. The predicted molar refractivity (Wildman–Crippen MR) is 49.2 cm³/mol. The van der Waals surface area contributed by atoms with E-state index in [1.165, 1.54) is 6.08 Å². The minimum absolute atomic E-state index is 0.241. The van der Waals surface area contributed by atoms with Crippen molar-refractivity contribution in [2.24, 2.45) is 0 Å². The van der Waals surface area contributed by atoms with E-state index in [1.807, 2.05) is 0 Å². The predicted octanol–water partition coefficient (Wildman–Crippen LogP) is 3.21. The highest BCUT2D eigenvalue weighted by molar-refractivity contribution is 5.33. The van der Waals surface area contributed by atoms with Gasteiger partial charge in [-0.2, -0.15) is 13.2 Å². The topological polar surface area (TPSA) is 0 Å². The highest BCUT2D eigenvalue weighted by Gasteiger charge is 2.45. The molecule has 0 radical (unpaired) electrons. The molecular formula is C10H15F3N+. The Morgan fingerprint density at radius 3 is 2.07 bits per heavy atom. The summed E-state index contributed by atoms with van der Waals surface area (Å²) in [5.74, 6) is 0.